The second-order valence-electron chi connectivity index (χ2n) is 8.09. The number of amides is 1. The maximum absolute atomic E-state index is 12.8. The molecule has 1 amide bonds. The molecule has 0 bridgehead atoms. The second kappa shape index (κ2) is 10.2. The van der Waals surface area contributed by atoms with Gasteiger partial charge in [-0.15, -0.1) is 0 Å². The molecule has 0 radical (unpaired) electrons. The van der Waals surface area contributed by atoms with Crippen LogP contribution in [0.3, 0.4) is 0 Å². The number of aryl methyl sites for hydroxylation is 1. The third kappa shape index (κ3) is 5.18. The highest BCUT2D eigenvalue weighted by Crippen LogP contribution is 2.32. The summed E-state index contributed by atoms with van der Waals surface area (Å²) < 4.78 is 5.88. The Morgan fingerprint density at radius 3 is 2.57 bits per heavy atom. The van der Waals surface area contributed by atoms with Crippen molar-refractivity contribution in [2.45, 2.75) is 32.6 Å². The van der Waals surface area contributed by atoms with E-state index in [9.17, 15) is 25.0 Å². The number of nitro benzene ring substituents is 2. The number of hydrazone groups is 1. The third-order valence-electron chi connectivity index (χ3n) is 5.77. The number of nitrogens with zero attached hydrogens (tertiary/aromatic N) is 3. The average Bonchev–Trinajstić information content (AvgIpc) is 3.20. The van der Waals surface area contributed by atoms with Gasteiger partial charge in [0.1, 0.15) is 11.4 Å². The Balaban J connectivity index is 1.53. The quantitative estimate of drug-likeness (QED) is 0.357. The first-order valence-corrected chi connectivity index (χ1v) is 11.1. The first kappa shape index (κ1) is 23.6. The molecule has 1 aliphatic rings. The van der Waals surface area contributed by atoms with E-state index in [0.29, 0.717) is 48.4 Å². The summed E-state index contributed by atoms with van der Waals surface area (Å²) in [4.78, 5) is 33.7. The minimum atomic E-state index is -0.706. The smallest absolute Gasteiger partial charge is 0.301 e. The van der Waals surface area contributed by atoms with E-state index in [0.717, 1.165) is 18.1 Å². The molecule has 180 valence electrons. The molecule has 0 spiro atoms. The predicted molar refractivity (Wildman–Crippen MR) is 129 cm³/mol. The molecule has 0 aliphatic heterocycles. The highest BCUT2D eigenvalue weighted by atomic mass is 16.6. The molecule has 4 rings (SSSR count). The van der Waals surface area contributed by atoms with Crippen LogP contribution in [0, 0.1) is 27.2 Å². The van der Waals surface area contributed by atoms with Crippen molar-refractivity contribution >= 4 is 28.7 Å². The lowest BCUT2D eigenvalue weighted by Gasteiger charge is -2.13. The summed E-state index contributed by atoms with van der Waals surface area (Å²) >= 11 is 0. The van der Waals surface area contributed by atoms with Gasteiger partial charge in [0.05, 0.1) is 21.6 Å². The molecule has 1 aliphatic carbocycles. The van der Waals surface area contributed by atoms with Gasteiger partial charge in [-0.1, -0.05) is 30.3 Å². The van der Waals surface area contributed by atoms with Gasteiger partial charge < -0.3 is 9.73 Å². The maximum Gasteiger partial charge on any atom is 0.301 e. The summed E-state index contributed by atoms with van der Waals surface area (Å²) in [6.07, 6.45) is 2.65. The van der Waals surface area contributed by atoms with Crippen molar-refractivity contribution < 1.29 is 19.1 Å². The van der Waals surface area contributed by atoms with Crippen molar-refractivity contribution in [3.8, 4) is 0 Å². The Bertz CT molecular complexity index is 1320. The van der Waals surface area contributed by atoms with Gasteiger partial charge in [0, 0.05) is 30.2 Å². The number of hydrogen-bond acceptors (Lipinski definition) is 8. The monoisotopic (exact) mass is 477 g/mol. The van der Waals surface area contributed by atoms with Crippen LogP contribution in [0.25, 0.3) is 0 Å². The van der Waals surface area contributed by atoms with E-state index >= 15 is 0 Å². The number of non-ortho nitro benzene ring substituents is 1. The lowest BCUT2D eigenvalue weighted by molar-refractivity contribution is -0.393. The van der Waals surface area contributed by atoms with Gasteiger partial charge in [-0.25, -0.2) is 0 Å². The number of fused-ring (bicyclic) bond motifs is 1. The fraction of sp³-hybridized carbons (Fsp3) is 0.250. The number of anilines is 1. The average molecular weight is 477 g/mol. The Hall–Kier alpha value is -4.54. The lowest BCUT2D eigenvalue weighted by Crippen LogP contribution is -2.26. The molecule has 0 fully saturated rings. The summed E-state index contributed by atoms with van der Waals surface area (Å²) in [5.41, 5.74) is 4.93. The van der Waals surface area contributed by atoms with Crippen molar-refractivity contribution in [3.05, 3.63) is 97.0 Å². The van der Waals surface area contributed by atoms with E-state index in [1.54, 1.807) is 6.92 Å². The van der Waals surface area contributed by atoms with Crippen molar-refractivity contribution in [2.75, 3.05) is 12.0 Å². The van der Waals surface area contributed by atoms with E-state index in [1.807, 2.05) is 30.3 Å². The van der Waals surface area contributed by atoms with Gasteiger partial charge >= 0.3 is 5.69 Å². The number of benzene rings is 2. The number of rotatable bonds is 8. The van der Waals surface area contributed by atoms with Gasteiger partial charge in [0.25, 0.3) is 11.6 Å². The molecule has 1 aromatic heterocycles. The van der Waals surface area contributed by atoms with Crippen LogP contribution >= 0.6 is 0 Å². The minimum Gasteiger partial charge on any atom is -0.455 e. The van der Waals surface area contributed by atoms with E-state index in [4.69, 9.17) is 4.42 Å². The molecular weight excluding hydrogens is 454 g/mol. The Morgan fingerprint density at radius 1 is 1.09 bits per heavy atom. The minimum absolute atomic E-state index is 0.0280. The fourth-order valence-electron chi connectivity index (χ4n) is 4.05. The van der Waals surface area contributed by atoms with Crippen LogP contribution in [0.2, 0.25) is 0 Å². The van der Waals surface area contributed by atoms with Crippen LogP contribution < -0.4 is 10.7 Å². The van der Waals surface area contributed by atoms with Gasteiger partial charge in [0.2, 0.25) is 0 Å². The number of nitro groups is 2. The van der Waals surface area contributed by atoms with Gasteiger partial charge in [0.15, 0.2) is 5.76 Å². The van der Waals surface area contributed by atoms with Crippen molar-refractivity contribution in [1.82, 2.24) is 5.32 Å². The van der Waals surface area contributed by atoms with Crippen molar-refractivity contribution in [3.63, 3.8) is 0 Å². The molecule has 35 heavy (non-hydrogen) atoms. The van der Waals surface area contributed by atoms with Gasteiger partial charge in [-0.3, -0.25) is 30.4 Å². The summed E-state index contributed by atoms with van der Waals surface area (Å²) in [5, 5.41) is 29.6. The van der Waals surface area contributed by atoms with Crippen LogP contribution in [0.4, 0.5) is 17.1 Å². The maximum atomic E-state index is 12.8. The lowest BCUT2D eigenvalue weighted by atomic mass is 9.93. The largest absolute Gasteiger partial charge is 0.455 e. The molecule has 11 heteroatoms. The molecule has 0 saturated heterocycles. The number of hydrogen-bond donors (Lipinski definition) is 2. The second-order valence-corrected chi connectivity index (χ2v) is 8.09. The molecular formula is C24H23N5O6. The molecule has 0 atom stereocenters. The standard InChI is InChI=1S/C24H23N5O6/c1-15-22-19(27-26-18-11-10-17(28(31)32)14-20(18)29(33)34)8-5-9-21(22)35-23(15)24(30)25-13-12-16-6-3-2-4-7-16/h2-4,6-7,10-11,14,26H,5,8-9,12-13H2,1H3,(H,25,30)/b27-19+. The summed E-state index contributed by atoms with van der Waals surface area (Å²) in [6, 6.07) is 13.1. The van der Waals surface area contributed by atoms with Crippen LogP contribution in [-0.4, -0.2) is 28.0 Å². The molecule has 0 saturated carbocycles. The molecule has 2 aromatic carbocycles. The molecule has 2 N–H and O–H groups in total. The molecule has 3 aromatic rings. The summed E-state index contributed by atoms with van der Waals surface area (Å²) in [5.74, 6) is 0.547. The zero-order valence-electron chi connectivity index (χ0n) is 18.9. The Morgan fingerprint density at radius 2 is 1.86 bits per heavy atom. The Kier molecular flexibility index (Phi) is 6.86. The fourth-order valence-corrected chi connectivity index (χ4v) is 4.05. The Labute approximate surface area is 200 Å². The van der Waals surface area contributed by atoms with E-state index in [2.05, 4.69) is 15.8 Å². The molecule has 0 unspecified atom stereocenters. The van der Waals surface area contributed by atoms with Crippen LogP contribution in [-0.2, 0) is 12.8 Å². The molecule has 1 heterocycles. The zero-order valence-corrected chi connectivity index (χ0v) is 18.9. The van der Waals surface area contributed by atoms with Crippen LogP contribution in [0.1, 0.15) is 45.8 Å². The van der Waals surface area contributed by atoms with Gasteiger partial charge in [-0.2, -0.15) is 5.10 Å². The van der Waals surface area contributed by atoms with E-state index in [1.165, 1.54) is 12.1 Å². The summed E-state index contributed by atoms with van der Waals surface area (Å²) in [6.45, 7) is 2.24. The first-order chi connectivity index (χ1) is 16.8. The molecule has 11 nitrogen and oxygen atoms in total. The van der Waals surface area contributed by atoms with Crippen LogP contribution in [0.5, 0.6) is 0 Å². The zero-order chi connectivity index (χ0) is 24.9. The highest BCUT2D eigenvalue weighted by Gasteiger charge is 2.28. The third-order valence-corrected chi connectivity index (χ3v) is 5.77. The van der Waals surface area contributed by atoms with Crippen molar-refractivity contribution in [2.24, 2.45) is 5.10 Å². The van der Waals surface area contributed by atoms with E-state index < -0.39 is 15.5 Å². The highest BCUT2D eigenvalue weighted by molar-refractivity contribution is 6.06. The number of furan rings is 1. The topological polar surface area (TPSA) is 153 Å². The summed E-state index contributed by atoms with van der Waals surface area (Å²) in [7, 11) is 0. The first-order valence-electron chi connectivity index (χ1n) is 11.1. The van der Waals surface area contributed by atoms with E-state index in [-0.39, 0.29) is 23.0 Å². The van der Waals surface area contributed by atoms with Crippen LogP contribution in [0.15, 0.2) is 58.0 Å². The number of nitrogens with one attached hydrogen (secondary N) is 2. The number of carbonyl (C=O) groups is 1. The van der Waals surface area contributed by atoms with Crippen molar-refractivity contribution in [1.29, 1.82) is 0 Å². The number of carbonyl (C=O) groups excluding carboxylic acids is 1. The SMILES string of the molecule is Cc1c(C(=O)NCCc2ccccc2)oc2c1/C(=N/Nc1ccc([N+](=O)[O-])cc1[N+](=O)[O-])CCC2. The normalized spacial score (nSPS) is 13.8. The predicted octanol–water partition coefficient (Wildman–Crippen LogP) is 4.53. The van der Waals surface area contributed by atoms with Gasteiger partial charge in [-0.05, 0) is 37.8 Å².